The summed E-state index contributed by atoms with van der Waals surface area (Å²) in [6.07, 6.45) is 6.23. The zero-order valence-electron chi connectivity index (χ0n) is 9.48. The van der Waals surface area contributed by atoms with Crippen LogP contribution in [0.2, 0.25) is 0 Å². The van der Waals surface area contributed by atoms with Crippen molar-refractivity contribution in [2.75, 3.05) is 6.54 Å². The first-order chi connectivity index (χ1) is 7.74. The first-order valence-corrected chi connectivity index (χ1v) is 5.86. The summed E-state index contributed by atoms with van der Waals surface area (Å²) in [5, 5.41) is 0. The van der Waals surface area contributed by atoms with Crippen LogP contribution in [0.3, 0.4) is 0 Å². The van der Waals surface area contributed by atoms with Crippen LogP contribution in [0.25, 0.3) is 0 Å². The molecule has 0 radical (unpaired) electrons. The fourth-order valence-electron chi connectivity index (χ4n) is 2.32. The molecule has 0 amide bonds. The minimum absolute atomic E-state index is 0.117. The lowest BCUT2D eigenvalue weighted by atomic mass is 9.66. The van der Waals surface area contributed by atoms with E-state index in [4.69, 9.17) is 5.73 Å². The Bertz CT molecular complexity index is 352. The summed E-state index contributed by atoms with van der Waals surface area (Å²) in [5.41, 5.74) is 6.72. The van der Waals surface area contributed by atoms with E-state index in [1.807, 2.05) is 18.2 Å². The average Bonchev–Trinajstić information content (AvgIpc) is 2.25. The van der Waals surface area contributed by atoms with Crippen molar-refractivity contribution in [3.8, 4) is 0 Å². The first-order valence-electron chi connectivity index (χ1n) is 5.86. The Balaban J connectivity index is 1.89. The summed E-state index contributed by atoms with van der Waals surface area (Å²) in [7, 11) is 0. The number of carbonyl (C=O) groups excluding carboxylic acids is 1. The molecule has 1 aromatic rings. The van der Waals surface area contributed by atoms with Gasteiger partial charge in [-0.2, -0.15) is 0 Å². The highest BCUT2D eigenvalue weighted by Crippen LogP contribution is 2.43. The second-order valence-electron chi connectivity index (χ2n) is 4.77. The van der Waals surface area contributed by atoms with Crippen molar-refractivity contribution in [1.29, 1.82) is 0 Å². The lowest BCUT2D eigenvalue weighted by Gasteiger charge is -2.40. The van der Waals surface area contributed by atoms with Crippen LogP contribution in [0.1, 0.15) is 31.4 Å². The van der Waals surface area contributed by atoms with Crippen molar-refractivity contribution in [3.63, 3.8) is 0 Å². The Labute approximate surface area is 96.1 Å². The molecule has 0 atom stereocenters. The van der Waals surface area contributed by atoms with E-state index in [1.165, 1.54) is 6.42 Å². The maximum atomic E-state index is 11.9. The molecule has 2 rings (SSSR count). The molecule has 0 saturated heterocycles. The van der Waals surface area contributed by atoms with Crippen molar-refractivity contribution in [1.82, 2.24) is 4.98 Å². The monoisotopic (exact) mass is 218 g/mol. The van der Waals surface area contributed by atoms with Gasteiger partial charge < -0.3 is 5.73 Å². The van der Waals surface area contributed by atoms with Crippen LogP contribution in [0.4, 0.5) is 0 Å². The van der Waals surface area contributed by atoms with Gasteiger partial charge in [0.25, 0.3) is 0 Å². The molecule has 1 aliphatic carbocycles. The Morgan fingerprint density at radius 1 is 1.44 bits per heavy atom. The smallest absolute Gasteiger partial charge is 0.139 e. The SMILES string of the molecule is NCC1(CC(=O)Cc2ccccn2)CCC1. The number of nitrogens with two attached hydrogens (primary N) is 1. The molecule has 1 saturated carbocycles. The second-order valence-corrected chi connectivity index (χ2v) is 4.77. The van der Waals surface area contributed by atoms with Crippen LogP contribution in [-0.2, 0) is 11.2 Å². The van der Waals surface area contributed by atoms with Crippen LogP contribution in [0.15, 0.2) is 24.4 Å². The normalized spacial score (nSPS) is 17.8. The van der Waals surface area contributed by atoms with Gasteiger partial charge in [0.05, 0.1) is 0 Å². The van der Waals surface area contributed by atoms with Crippen LogP contribution in [-0.4, -0.2) is 17.3 Å². The third-order valence-corrected chi connectivity index (χ3v) is 3.52. The predicted molar refractivity (Wildman–Crippen MR) is 62.9 cm³/mol. The van der Waals surface area contributed by atoms with Gasteiger partial charge in [0, 0.05) is 24.7 Å². The molecular weight excluding hydrogens is 200 g/mol. The highest BCUT2D eigenvalue weighted by Gasteiger charge is 2.37. The van der Waals surface area contributed by atoms with Gasteiger partial charge in [-0.15, -0.1) is 0 Å². The number of nitrogens with zero attached hydrogens (tertiary/aromatic N) is 1. The van der Waals surface area contributed by atoms with Crippen molar-refractivity contribution >= 4 is 5.78 Å². The number of aromatic nitrogens is 1. The maximum Gasteiger partial charge on any atom is 0.139 e. The highest BCUT2D eigenvalue weighted by molar-refractivity contribution is 5.81. The number of rotatable bonds is 5. The van der Waals surface area contributed by atoms with E-state index in [-0.39, 0.29) is 11.2 Å². The number of pyridine rings is 1. The molecule has 3 heteroatoms. The molecule has 1 heterocycles. The lowest BCUT2D eigenvalue weighted by Crippen LogP contribution is -2.39. The summed E-state index contributed by atoms with van der Waals surface area (Å²) in [6, 6.07) is 5.67. The first kappa shape index (κ1) is 11.3. The molecule has 0 bridgehead atoms. The number of hydrogen-bond acceptors (Lipinski definition) is 3. The number of Topliss-reactive ketones (excluding diaryl/α,β-unsaturated/α-hetero) is 1. The van der Waals surface area contributed by atoms with Crippen LogP contribution in [0, 0.1) is 5.41 Å². The fourth-order valence-corrected chi connectivity index (χ4v) is 2.32. The molecule has 3 nitrogen and oxygen atoms in total. The summed E-state index contributed by atoms with van der Waals surface area (Å²) in [6.45, 7) is 0.640. The third-order valence-electron chi connectivity index (χ3n) is 3.52. The van der Waals surface area contributed by atoms with E-state index in [2.05, 4.69) is 4.98 Å². The number of ketones is 1. The van der Waals surface area contributed by atoms with Crippen LogP contribution in [0.5, 0.6) is 0 Å². The Morgan fingerprint density at radius 2 is 2.25 bits per heavy atom. The molecule has 1 fully saturated rings. The molecule has 1 aromatic heterocycles. The molecule has 16 heavy (non-hydrogen) atoms. The van der Waals surface area contributed by atoms with Crippen molar-refractivity contribution in [2.45, 2.75) is 32.1 Å². The average molecular weight is 218 g/mol. The molecule has 0 spiro atoms. The summed E-state index contributed by atoms with van der Waals surface area (Å²) >= 11 is 0. The molecule has 1 aliphatic rings. The second kappa shape index (κ2) is 4.74. The van der Waals surface area contributed by atoms with Crippen molar-refractivity contribution in [2.24, 2.45) is 11.1 Å². The fraction of sp³-hybridized carbons (Fsp3) is 0.538. The van der Waals surface area contributed by atoms with Crippen molar-refractivity contribution < 1.29 is 4.79 Å². The zero-order chi connectivity index (χ0) is 11.4. The minimum atomic E-state index is 0.117. The van der Waals surface area contributed by atoms with E-state index >= 15 is 0 Å². The van der Waals surface area contributed by atoms with E-state index in [0.29, 0.717) is 19.4 Å². The molecular formula is C13H18N2O. The Morgan fingerprint density at radius 3 is 2.75 bits per heavy atom. The van der Waals surface area contributed by atoms with Gasteiger partial charge >= 0.3 is 0 Å². The predicted octanol–water partition coefficient (Wildman–Crippen LogP) is 1.71. The van der Waals surface area contributed by atoms with Gasteiger partial charge in [0.2, 0.25) is 0 Å². The molecule has 0 aromatic carbocycles. The van der Waals surface area contributed by atoms with Gasteiger partial charge in [0.1, 0.15) is 5.78 Å². The highest BCUT2D eigenvalue weighted by atomic mass is 16.1. The van der Waals surface area contributed by atoms with Gasteiger partial charge in [-0.25, -0.2) is 0 Å². The van der Waals surface area contributed by atoms with E-state index in [0.717, 1.165) is 18.5 Å². The standard InChI is InChI=1S/C13H18N2O/c14-10-13(5-3-6-13)9-12(16)8-11-4-1-2-7-15-11/h1-2,4,7H,3,5-6,8-10,14H2. The number of carbonyl (C=O) groups is 1. The van der Waals surface area contributed by atoms with Gasteiger partial charge in [-0.1, -0.05) is 12.5 Å². The van der Waals surface area contributed by atoms with Crippen LogP contribution >= 0.6 is 0 Å². The van der Waals surface area contributed by atoms with Crippen LogP contribution < -0.4 is 5.73 Å². The van der Waals surface area contributed by atoms with Crippen molar-refractivity contribution in [3.05, 3.63) is 30.1 Å². The maximum absolute atomic E-state index is 11.9. The minimum Gasteiger partial charge on any atom is -0.330 e. The quantitative estimate of drug-likeness (QED) is 0.818. The molecule has 0 unspecified atom stereocenters. The van der Waals surface area contributed by atoms with E-state index in [9.17, 15) is 4.79 Å². The van der Waals surface area contributed by atoms with E-state index < -0.39 is 0 Å². The van der Waals surface area contributed by atoms with Gasteiger partial charge in [-0.05, 0) is 36.9 Å². The lowest BCUT2D eigenvalue weighted by molar-refractivity contribution is -0.122. The summed E-state index contributed by atoms with van der Waals surface area (Å²) in [5.74, 6) is 0.267. The zero-order valence-corrected chi connectivity index (χ0v) is 9.48. The Hall–Kier alpha value is -1.22. The number of hydrogen-bond donors (Lipinski definition) is 1. The summed E-state index contributed by atoms with van der Waals surface area (Å²) in [4.78, 5) is 16.1. The van der Waals surface area contributed by atoms with Gasteiger partial charge in [-0.3, -0.25) is 9.78 Å². The van der Waals surface area contributed by atoms with E-state index in [1.54, 1.807) is 6.20 Å². The summed E-state index contributed by atoms with van der Waals surface area (Å²) < 4.78 is 0. The molecule has 86 valence electrons. The largest absolute Gasteiger partial charge is 0.330 e. The topological polar surface area (TPSA) is 56.0 Å². The third kappa shape index (κ3) is 2.47. The molecule has 0 aliphatic heterocycles. The van der Waals surface area contributed by atoms with Gasteiger partial charge in [0.15, 0.2) is 0 Å². The Kier molecular flexibility index (Phi) is 3.34. The molecule has 2 N–H and O–H groups in total.